The maximum atomic E-state index is 11.4. The third-order valence-electron chi connectivity index (χ3n) is 3.18. The Hall–Kier alpha value is -1.75. The van der Waals surface area contributed by atoms with Gasteiger partial charge in [-0.05, 0) is 43.4 Å². The minimum absolute atomic E-state index is 0.159. The van der Waals surface area contributed by atoms with Crippen LogP contribution in [0.3, 0.4) is 0 Å². The molecule has 1 atom stereocenters. The summed E-state index contributed by atoms with van der Waals surface area (Å²) >= 11 is 0. The summed E-state index contributed by atoms with van der Waals surface area (Å²) in [6.07, 6.45) is 1.68. The van der Waals surface area contributed by atoms with Gasteiger partial charge in [0.05, 0.1) is 0 Å². The standard InChI is InChI=1S/C15H22N2O3/c1-11-3-2-4-14(7-11)20-10-13(18)9-17-15(19)16-8-12-5-6-12/h2-4,7,12-13,18H,5-6,8-10H2,1H3,(H2,16,17,19). The van der Waals surface area contributed by atoms with E-state index in [-0.39, 0.29) is 19.2 Å². The Labute approximate surface area is 119 Å². The summed E-state index contributed by atoms with van der Waals surface area (Å²) in [6, 6.07) is 7.40. The third-order valence-corrected chi connectivity index (χ3v) is 3.18. The van der Waals surface area contributed by atoms with Crippen molar-refractivity contribution in [2.45, 2.75) is 25.9 Å². The number of hydrogen-bond donors (Lipinski definition) is 3. The quantitative estimate of drug-likeness (QED) is 0.707. The number of nitrogens with one attached hydrogen (secondary N) is 2. The van der Waals surface area contributed by atoms with E-state index in [0.717, 1.165) is 17.9 Å². The molecule has 1 aliphatic carbocycles. The Morgan fingerprint density at radius 1 is 1.45 bits per heavy atom. The van der Waals surface area contributed by atoms with Crippen LogP contribution < -0.4 is 15.4 Å². The fourth-order valence-corrected chi connectivity index (χ4v) is 1.79. The molecule has 1 aromatic rings. The number of hydrogen-bond acceptors (Lipinski definition) is 3. The maximum absolute atomic E-state index is 11.4. The number of rotatable bonds is 7. The van der Waals surface area contributed by atoms with Crippen molar-refractivity contribution < 1.29 is 14.6 Å². The zero-order valence-corrected chi connectivity index (χ0v) is 11.8. The lowest BCUT2D eigenvalue weighted by Gasteiger charge is -2.14. The van der Waals surface area contributed by atoms with Gasteiger partial charge < -0.3 is 20.5 Å². The Morgan fingerprint density at radius 3 is 2.95 bits per heavy atom. The van der Waals surface area contributed by atoms with Crippen molar-refractivity contribution in [2.75, 3.05) is 19.7 Å². The number of carbonyl (C=O) groups excluding carboxylic acids is 1. The van der Waals surface area contributed by atoms with Crippen LogP contribution in [-0.4, -0.2) is 36.9 Å². The van der Waals surface area contributed by atoms with Crippen LogP contribution in [-0.2, 0) is 0 Å². The molecule has 3 N–H and O–H groups in total. The van der Waals surface area contributed by atoms with E-state index in [1.165, 1.54) is 12.8 Å². The first-order valence-corrected chi connectivity index (χ1v) is 7.02. The smallest absolute Gasteiger partial charge is 0.314 e. The predicted molar refractivity (Wildman–Crippen MR) is 76.8 cm³/mol. The average Bonchev–Trinajstić information content (AvgIpc) is 3.25. The van der Waals surface area contributed by atoms with Crippen LogP contribution in [0.5, 0.6) is 5.75 Å². The molecular formula is C15H22N2O3. The molecule has 5 nitrogen and oxygen atoms in total. The molecule has 1 unspecified atom stereocenters. The van der Waals surface area contributed by atoms with Crippen LogP contribution in [0.25, 0.3) is 0 Å². The summed E-state index contributed by atoms with van der Waals surface area (Å²) in [5.41, 5.74) is 1.11. The fraction of sp³-hybridized carbons (Fsp3) is 0.533. The first kappa shape index (κ1) is 14.7. The SMILES string of the molecule is Cc1cccc(OCC(O)CNC(=O)NCC2CC2)c1. The minimum Gasteiger partial charge on any atom is -0.491 e. The zero-order valence-electron chi connectivity index (χ0n) is 11.8. The second kappa shape index (κ2) is 7.14. The first-order chi connectivity index (χ1) is 9.63. The summed E-state index contributed by atoms with van der Waals surface area (Å²) in [7, 11) is 0. The van der Waals surface area contributed by atoms with E-state index in [2.05, 4.69) is 10.6 Å². The van der Waals surface area contributed by atoms with Crippen LogP contribution in [0.15, 0.2) is 24.3 Å². The molecule has 2 rings (SSSR count). The Morgan fingerprint density at radius 2 is 2.25 bits per heavy atom. The molecule has 0 saturated heterocycles. The first-order valence-electron chi connectivity index (χ1n) is 7.02. The molecule has 0 bridgehead atoms. The highest BCUT2D eigenvalue weighted by Crippen LogP contribution is 2.27. The second-order valence-electron chi connectivity index (χ2n) is 5.32. The molecule has 0 aliphatic heterocycles. The van der Waals surface area contributed by atoms with E-state index >= 15 is 0 Å². The van der Waals surface area contributed by atoms with Gasteiger partial charge in [0.1, 0.15) is 18.5 Å². The number of benzene rings is 1. The summed E-state index contributed by atoms with van der Waals surface area (Å²) in [4.78, 5) is 11.4. The highest BCUT2D eigenvalue weighted by Gasteiger charge is 2.21. The lowest BCUT2D eigenvalue weighted by atomic mass is 10.2. The second-order valence-corrected chi connectivity index (χ2v) is 5.32. The molecule has 1 aliphatic rings. The number of urea groups is 1. The number of aryl methyl sites for hydroxylation is 1. The van der Waals surface area contributed by atoms with Crippen molar-refractivity contribution in [3.63, 3.8) is 0 Å². The van der Waals surface area contributed by atoms with Gasteiger partial charge in [-0.2, -0.15) is 0 Å². The van der Waals surface area contributed by atoms with E-state index in [4.69, 9.17) is 4.74 Å². The van der Waals surface area contributed by atoms with Gasteiger partial charge in [-0.3, -0.25) is 0 Å². The molecule has 20 heavy (non-hydrogen) atoms. The van der Waals surface area contributed by atoms with Crippen molar-refractivity contribution in [1.29, 1.82) is 0 Å². The van der Waals surface area contributed by atoms with Crippen molar-refractivity contribution >= 4 is 6.03 Å². The van der Waals surface area contributed by atoms with E-state index < -0.39 is 6.10 Å². The molecule has 0 aromatic heterocycles. The number of carbonyl (C=O) groups is 1. The summed E-state index contributed by atoms with van der Waals surface area (Å²) < 4.78 is 5.47. The average molecular weight is 278 g/mol. The van der Waals surface area contributed by atoms with Crippen LogP contribution in [0.1, 0.15) is 18.4 Å². The molecule has 1 saturated carbocycles. The lowest BCUT2D eigenvalue weighted by molar-refractivity contribution is 0.108. The number of aliphatic hydroxyl groups excluding tert-OH is 1. The van der Waals surface area contributed by atoms with Gasteiger partial charge >= 0.3 is 6.03 Å². The van der Waals surface area contributed by atoms with Crippen LogP contribution >= 0.6 is 0 Å². The zero-order chi connectivity index (χ0) is 14.4. The Bertz CT molecular complexity index is 446. The Balaban J connectivity index is 1.59. The van der Waals surface area contributed by atoms with Gasteiger partial charge in [0.2, 0.25) is 0 Å². The van der Waals surface area contributed by atoms with Crippen molar-refractivity contribution in [3.8, 4) is 5.75 Å². The van der Waals surface area contributed by atoms with Crippen LogP contribution in [0, 0.1) is 12.8 Å². The molecule has 0 heterocycles. The van der Waals surface area contributed by atoms with E-state index in [0.29, 0.717) is 5.92 Å². The van der Waals surface area contributed by atoms with Crippen molar-refractivity contribution in [1.82, 2.24) is 10.6 Å². The molecule has 110 valence electrons. The van der Waals surface area contributed by atoms with E-state index in [1.54, 1.807) is 0 Å². The highest BCUT2D eigenvalue weighted by molar-refractivity contribution is 5.73. The fourth-order valence-electron chi connectivity index (χ4n) is 1.79. The third kappa shape index (κ3) is 5.48. The summed E-state index contributed by atoms with van der Waals surface area (Å²) in [6.45, 7) is 3.05. The van der Waals surface area contributed by atoms with Gasteiger partial charge in [-0.1, -0.05) is 12.1 Å². The van der Waals surface area contributed by atoms with Crippen LogP contribution in [0.4, 0.5) is 4.79 Å². The number of ether oxygens (including phenoxy) is 1. The summed E-state index contributed by atoms with van der Waals surface area (Å²) in [5.74, 6) is 1.37. The molecule has 1 fully saturated rings. The van der Waals surface area contributed by atoms with E-state index in [9.17, 15) is 9.90 Å². The van der Waals surface area contributed by atoms with Gasteiger partial charge in [-0.15, -0.1) is 0 Å². The van der Waals surface area contributed by atoms with Gasteiger partial charge in [0.15, 0.2) is 0 Å². The lowest BCUT2D eigenvalue weighted by Crippen LogP contribution is -2.41. The van der Waals surface area contributed by atoms with Crippen LogP contribution in [0.2, 0.25) is 0 Å². The number of aliphatic hydroxyl groups is 1. The largest absolute Gasteiger partial charge is 0.491 e. The molecule has 0 spiro atoms. The molecular weight excluding hydrogens is 256 g/mol. The monoisotopic (exact) mass is 278 g/mol. The molecule has 0 radical (unpaired) electrons. The van der Waals surface area contributed by atoms with Gasteiger partial charge in [-0.25, -0.2) is 4.79 Å². The molecule has 2 amide bonds. The normalized spacial score (nSPS) is 15.5. The minimum atomic E-state index is -0.720. The molecule has 5 heteroatoms. The van der Waals surface area contributed by atoms with Crippen molar-refractivity contribution in [2.24, 2.45) is 5.92 Å². The summed E-state index contributed by atoms with van der Waals surface area (Å²) in [5, 5.41) is 15.2. The number of amides is 2. The van der Waals surface area contributed by atoms with Gasteiger partial charge in [0.25, 0.3) is 0 Å². The van der Waals surface area contributed by atoms with Gasteiger partial charge in [0, 0.05) is 13.1 Å². The highest BCUT2D eigenvalue weighted by atomic mass is 16.5. The topological polar surface area (TPSA) is 70.6 Å². The van der Waals surface area contributed by atoms with Crippen molar-refractivity contribution in [3.05, 3.63) is 29.8 Å². The van der Waals surface area contributed by atoms with E-state index in [1.807, 2.05) is 31.2 Å². The Kier molecular flexibility index (Phi) is 5.24. The predicted octanol–water partition coefficient (Wildman–Crippen LogP) is 1.44. The molecule has 1 aromatic carbocycles. The maximum Gasteiger partial charge on any atom is 0.314 e.